The van der Waals surface area contributed by atoms with Crippen LogP contribution < -0.4 is 0 Å². The maximum absolute atomic E-state index is 7.54. The molecular weight excluding hydrogens is 564 g/mol. The lowest BCUT2D eigenvalue weighted by Crippen LogP contribution is -1.94. The molecule has 3 heterocycles. The summed E-state index contributed by atoms with van der Waals surface area (Å²) in [6.45, 7) is 7.54. The van der Waals surface area contributed by atoms with Crippen molar-refractivity contribution in [1.82, 2.24) is 14.5 Å². The van der Waals surface area contributed by atoms with Crippen LogP contribution in [0.3, 0.4) is 0 Å². The zero-order chi connectivity index (χ0) is 30.6. The molecule has 9 aromatic rings. The van der Waals surface area contributed by atoms with Crippen LogP contribution in [0.25, 0.3) is 88.2 Å². The van der Waals surface area contributed by atoms with Crippen LogP contribution in [-0.2, 0) is 0 Å². The molecule has 0 unspecified atom stereocenters. The summed E-state index contributed by atoms with van der Waals surface area (Å²) in [6.07, 6.45) is 0. The van der Waals surface area contributed by atoms with Crippen LogP contribution in [0.2, 0.25) is 0 Å². The van der Waals surface area contributed by atoms with E-state index in [2.05, 4.69) is 100 Å². The fourth-order valence-corrected chi connectivity index (χ4v) is 6.48. The van der Waals surface area contributed by atoms with Crippen molar-refractivity contribution in [2.75, 3.05) is 0 Å². The van der Waals surface area contributed by atoms with Gasteiger partial charge in [-0.2, -0.15) is 0 Å². The second-order valence-corrected chi connectivity index (χ2v) is 11.3. The Kier molecular flexibility index (Phi) is 5.81. The molecule has 0 spiro atoms. The third kappa shape index (κ3) is 4.09. The van der Waals surface area contributed by atoms with E-state index in [1.807, 2.05) is 48.5 Å². The Hall–Kier alpha value is -6.51. The highest BCUT2D eigenvalue weighted by Gasteiger charge is 2.19. The molecule has 0 saturated carbocycles. The molecule has 0 bridgehead atoms. The smallest absolute Gasteiger partial charge is 0.187 e. The highest BCUT2D eigenvalue weighted by atomic mass is 16.3. The molecule has 5 heteroatoms. The summed E-state index contributed by atoms with van der Waals surface area (Å²) in [5.74, 6) is 0.613. The largest absolute Gasteiger partial charge is 0.452 e. The van der Waals surface area contributed by atoms with Crippen molar-refractivity contribution in [3.05, 3.63) is 157 Å². The molecular formula is C41H24N4O. The Balaban J connectivity index is 1.22. The van der Waals surface area contributed by atoms with Gasteiger partial charge >= 0.3 is 0 Å². The molecule has 0 atom stereocenters. The summed E-state index contributed by atoms with van der Waals surface area (Å²) in [4.78, 5) is 13.6. The molecule has 46 heavy (non-hydrogen) atoms. The number of aromatic nitrogens is 3. The molecule has 0 saturated heterocycles. The van der Waals surface area contributed by atoms with E-state index in [9.17, 15) is 0 Å². The molecule has 6 aromatic carbocycles. The van der Waals surface area contributed by atoms with Crippen LogP contribution in [0.15, 0.2) is 150 Å². The normalized spacial score (nSPS) is 11.5. The minimum Gasteiger partial charge on any atom is -0.452 e. The predicted octanol–water partition coefficient (Wildman–Crippen LogP) is 11.0. The van der Waals surface area contributed by atoms with E-state index in [-0.39, 0.29) is 0 Å². The SMILES string of the molecule is [C-]#[N+]c1cccc(-c2nc(-c3ccccc3)nc3c2oc2cc(-c4cccc(-n5c6ccccc6c6ccccc65)c4)ccc23)c1. The maximum Gasteiger partial charge on any atom is 0.187 e. The van der Waals surface area contributed by atoms with Crippen molar-refractivity contribution >= 4 is 49.6 Å². The number of para-hydroxylation sites is 2. The average Bonchev–Trinajstić information content (AvgIpc) is 3.67. The number of rotatable bonds is 4. The zero-order valence-corrected chi connectivity index (χ0v) is 24.6. The first-order chi connectivity index (χ1) is 22.7. The lowest BCUT2D eigenvalue weighted by molar-refractivity contribution is 0.667. The summed E-state index contributed by atoms with van der Waals surface area (Å²) in [7, 11) is 0. The highest BCUT2D eigenvalue weighted by molar-refractivity contribution is 6.10. The minimum absolute atomic E-state index is 0.548. The van der Waals surface area contributed by atoms with Gasteiger partial charge in [-0.05, 0) is 59.2 Å². The first kappa shape index (κ1) is 25.9. The van der Waals surface area contributed by atoms with Crippen molar-refractivity contribution in [1.29, 1.82) is 0 Å². The molecule has 5 nitrogen and oxygen atoms in total. The maximum atomic E-state index is 7.54. The van der Waals surface area contributed by atoms with Gasteiger partial charge in [0.25, 0.3) is 0 Å². The van der Waals surface area contributed by atoms with Gasteiger partial charge in [-0.25, -0.2) is 14.8 Å². The third-order valence-corrected chi connectivity index (χ3v) is 8.61. The highest BCUT2D eigenvalue weighted by Crippen LogP contribution is 2.39. The third-order valence-electron chi connectivity index (χ3n) is 8.61. The van der Waals surface area contributed by atoms with Crippen LogP contribution >= 0.6 is 0 Å². The monoisotopic (exact) mass is 588 g/mol. The van der Waals surface area contributed by atoms with Crippen molar-refractivity contribution in [2.45, 2.75) is 0 Å². The van der Waals surface area contributed by atoms with Gasteiger partial charge in [0.2, 0.25) is 0 Å². The number of hydrogen-bond acceptors (Lipinski definition) is 3. The number of nitrogens with zero attached hydrogens (tertiary/aromatic N) is 4. The van der Waals surface area contributed by atoms with Crippen LogP contribution in [0.1, 0.15) is 0 Å². The second kappa shape index (κ2) is 10.3. The van der Waals surface area contributed by atoms with E-state index in [4.69, 9.17) is 21.0 Å². The zero-order valence-electron chi connectivity index (χ0n) is 24.6. The Labute approximate surface area is 264 Å². The van der Waals surface area contributed by atoms with Crippen molar-refractivity contribution in [3.8, 4) is 39.5 Å². The van der Waals surface area contributed by atoms with Gasteiger partial charge in [0, 0.05) is 27.4 Å². The first-order valence-electron chi connectivity index (χ1n) is 15.1. The van der Waals surface area contributed by atoms with Gasteiger partial charge < -0.3 is 8.98 Å². The Morgan fingerprint density at radius 1 is 0.543 bits per heavy atom. The number of furan rings is 1. The molecule has 0 aliphatic heterocycles. The minimum atomic E-state index is 0.548. The predicted molar refractivity (Wildman–Crippen MR) is 186 cm³/mol. The van der Waals surface area contributed by atoms with Gasteiger partial charge in [0.15, 0.2) is 17.1 Å². The van der Waals surface area contributed by atoms with Crippen LogP contribution in [0.4, 0.5) is 5.69 Å². The van der Waals surface area contributed by atoms with E-state index >= 15 is 0 Å². The molecule has 0 radical (unpaired) electrons. The number of fused-ring (bicyclic) bond motifs is 6. The molecule has 9 rings (SSSR count). The van der Waals surface area contributed by atoms with Crippen LogP contribution in [-0.4, -0.2) is 14.5 Å². The van der Waals surface area contributed by atoms with Gasteiger partial charge in [-0.3, -0.25) is 0 Å². The van der Waals surface area contributed by atoms with Crippen molar-refractivity contribution in [3.63, 3.8) is 0 Å². The van der Waals surface area contributed by atoms with E-state index in [0.717, 1.165) is 44.4 Å². The fourth-order valence-electron chi connectivity index (χ4n) is 6.48. The Bertz CT molecular complexity index is 2610. The second-order valence-electron chi connectivity index (χ2n) is 11.3. The van der Waals surface area contributed by atoms with Crippen LogP contribution in [0, 0.1) is 6.57 Å². The van der Waals surface area contributed by atoms with E-state index in [1.54, 1.807) is 6.07 Å². The summed E-state index contributed by atoms with van der Waals surface area (Å²) >= 11 is 0. The molecule has 0 aliphatic rings. The standard InChI is InChI=1S/C41H24N4O/c1-42-30-15-9-14-29(23-30)38-40-39(44-41(43-38)26-11-3-2-4-12-26)34-22-21-28(25-37(34)46-40)27-13-10-16-31(24-27)45-35-19-7-5-17-32(35)33-18-6-8-20-36(33)45/h2-25H. The number of benzene rings is 6. The molecule has 0 amide bonds. The van der Waals surface area contributed by atoms with E-state index < -0.39 is 0 Å². The topological polar surface area (TPSA) is 48.2 Å². The van der Waals surface area contributed by atoms with Gasteiger partial charge in [0.05, 0.1) is 17.6 Å². The number of hydrogen-bond donors (Lipinski definition) is 0. The van der Waals surface area contributed by atoms with E-state index in [1.165, 1.54) is 21.8 Å². The summed E-state index contributed by atoms with van der Waals surface area (Å²) in [6, 6.07) is 49.5. The molecule has 214 valence electrons. The van der Waals surface area contributed by atoms with Crippen molar-refractivity contribution < 1.29 is 4.42 Å². The summed E-state index contributed by atoms with van der Waals surface area (Å²) < 4.78 is 8.91. The van der Waals surface area contributed by atoms with Gasteiger partial charge in [-0.15, -0.1) is 0 Å². The molecule has 0 aliphatic carbocycles. The summed E-state index contributed by atoms with van der Waals surface area (Å²) in [5.41, 5.74) is 10.6. The quantitative estimate of drug-likeness (QED) is 0.192. The Morgan fingerprint density at radius 2 is 1.22 bits per heavy atom. The van der Waals surface area contributed by atoms with Gasteiger partial charge in [0.1, 0.15) is 16.8 Å². The Morgan fingerprint density at radius 3 is 2.00 bits per heavy atom. The summed E-state index contributed by atoms with van der Waals surface area (Å²) in [5, 5.41) is 3.39. The fraction of sp³-hybridized carbons (Fsp3) is 0. The lowest BCUT2D eigenvalue weighted by atomic mass is 10.0. The molecule has 3 aromatic heterocycles. The molecule has 0 fully saturated rings. The van der Waals surface area contributed by atoms with Gasteiger partial charge in [-0.1, -0.05) is 103 Å². The van der Waals surface area contributed by atoms with Crippen molar-refractivity contribution in [2.24, 2.45) is 0 Å². The first-order valence-corrected chi connectivity index (χ1v) is 15.1. The molecule has 0 N–H and O–H groups in total. The van der Waals surface area contributed by atoms with Crippen LogP contribution in [0.5, 0.6) is 0 Å². The lowest BCUT2D eigenvalue weighted by Gasteiger charge is -2.10. The van der Waals surface area contributed by atoms with E-state index in [0.29, 0.717) is 22.8 Å². The average molecular weight is 589 g/mol.